The van der Waals surface area contributed by atoms with Crippen LogP contribution in [-0.4, -0.2) is 51.3 Å². The highest BCUT2D eigenvalue weighted by Gasteiger charge is 2.46. The molecule has 1 aliphatic carbocycles. The number of nitrogens with zero attached hydrogens (tertiary/aromatic N) is 1. The molecule has 6 nitrogen and oxygen atoms in total. The lowest BCUT2D eigenvalue weighted by Crippen LogP contribution is -2.61. The number of carboxylic acids is 1. The van der Waals surface area contributed by atoms with E-state index in [1.165, 1.54) is 0 Å². The van der Waals surface area contributed by atoms with Crippen molar-refractivity contribution in [2.75, 3.05) is 13.1 Å². The molecule has 1 saturated heterocycles. The van der Waals surface area contributed by atoms with Crippen molar-refractivity contribution in [1.29, 1.82) is 0 Å². The number of urea groups is 1. The Morgan fingerprint density at radius 2 is 1.79 bits per heavy atom. The zero-order valence-corrected chi connectivity index (χ0v) is 11.3. The second-order valence-electron chi connectivity index (χ2n) is 6.01. The topological polar surface area (TPSA) is 89.9 Å². The minimum atomic E-state index is -1.06. The minimum absolute atomic E-state index is 0.320. The number of aliphatic carboxylic acids is 1. The number of aliphatic hydroxyl groups is 1. The lowest BCUT2D eigenvalue weighted by atomic mass is 9.77. The van der Waals surface area contributed by atoms with Gasteiger partial charge in [-0.05, 0) is 45.4 Å². The van der Waals surface area contributed by atoms with Crippen molar-refractivity contribution >= 4 is 12.0 Å². The predicted octanol–water partition coefficient (Wildman–Crippen LogP) is 0.940. The van der Waals surface area contributed by atoms with Crippen molar-refractivity contribution in [3.63, 3.8) is 0 Å². The average Bonchev–Trinajstić information content (AvgIpc) is 2.44. The van der Waals surface area contributed by atoms with Gasteiger partial charge in [-0.3, -0.25) is 0 Å². The highest BCUT2D eigenvalue weighted by Crippen LogP contribution is 2.32. The molecule has 0 aromatic carbocycles. The number of carbonyl (C=O) groups excluding carboxylic acids is 1. The maximum Gasteiger partial charge on any atom is 0.329 e. The van der Waals surface area contributed by atoms with Crippen molar-refractivity contribution < 1.29 is 19.8 Å². The fourth-order valence-electron chi connectivity index (χ4n) is 2.67. The lowest BCUT2D eigenvalue weighted by Gasteiger charge is -2.39. The van der Waals surface area contributed by atoms with Gasteiger partial charge in [-0.25, -0.2) is 9.59 Å². The molecule has 1 unspecified atom stereocenters. The Kier molecular flexibility index (Phi) is 3.71. The molecule has 6 heteroatoms. The zero-order valence-electron chi connectivity index (χ0n) is 11.3. The van der Waals surface area contributed by atoms with Gasteiger partial charge in [0.2, 0.25) is 0 Å². The maximum absolute atomic E-state index is 12.1. The van der Waals surface area contributed by atoms with Crippen LogP contribution < -0.4 is 5.32 Å². The molecule has 108 valence electrons. The minimum Gasteiger partial charge on any atom is -0.480 e. The fourth-order valence-corrected chi connectivity index (χ4v) is 2.67. The van der Waals surface area contributed by atoms with Crippen LogP contribution in [0.5, 0.6) is 0 Å². The first-order valence-corrected chi connectivity index (χ1v) is 6.88. The quantitative estimate of drug-likeness (QED) is 0.696. The molecule has 2 fully saturated rings. The molecule has 0 aromatic rings. The van der Waals surface area contributed by atoms with E-state index in [2.05, 4.69) is 5.32 Å². The molecule has 2 aliphatic rings. The van der Waals surface area contributed by atoms with Crippen LogP contribution in [-0.2, 0) is 4.79 Å². The van der Waals surface area contributed by atoms with Gasteiger partial charge in [0.25, 0.3) is 0 Å². The lowest BCUT2D eigenvalue weighted by molar-refractivity contribution is -0.148. The Morgan fingerprint density at radius 1 is 1.11 bits per heavy atom. The molecule has 0 spiro atoms. The molecular formula is C13H22N2O4. The van der Waals surface area contributed by atoms with E-state index in [1.54, 1.807) is 11.8 Å². The summed E-state index contributed by atoms with van der Waals surface area (Å²) in [6.07, 6.45) is 3.77. The molecule has 1 saturated carbocycles. The molecule has 2 amide bonds. The number of carbonyl (C=O) groups is 2. The maximum atomic E-state index is 12.1. The third-order valence-corrected chi connectivity index (χ3v) is 4.31. The summed E-state index contributed by atoms with van der Waals surface area (Å²) in [5.41, 5.74) is -1.79. The van der Waals surface area contributed by atoms with E-state index >= 15 is 0 Å². The number of hydrogen-bond donors (Lipinski definition) is 3. The van der Waals surface area contributed by atoms with Gasteiger partial charge in [0.1, 0.15) is 5.54 Å². The smallest absolute Gasteiger partial charge is 0.329 e. The van der Waals surface area contributed by atoms with Crippen molar-refractivity contribution in [2.24, 2.45) is 0 Å². The monoisotopic (exact) mass is 270 g/mol. The molecule has 1 atom stereocenters. The van der Waals surface area contributed by atoms with E-state index in [9.17, 15) is 19.8 Å². The Labute approximate surface area is 112 Å². The van der Waals surface area contributed by atoms with Gasteiger partial charge in [0, 0.05) is 13.1 Å². The first kappa shape index (κ1) is 14.1. The van der Waals surface area contributed by atoms with Crippen molar-refractivity contribution in [3.8, 4) is 0 Å². The summed E-state index contributed by atoms with van der Waals surface area (Å²) in [7, 11) is 0. The second kappa shape index (κ2) is 5.00. The third kappa shape index (κ3) is 3.00. The molecule has 0 radical (unpaired) electrons. The predicted molar refractivity (Wildman–Crippen MR) is 68.8 cm³/mol. The molecule has 0 aromatic heterocycles. The SMILES string of the molecule is CC1(O)CCCN(C(=O)NC2(C(=O)O)CCC2)CC1. The Hall–Kier alpha value is -1.30. The molecule has 0 bridgehead atoms. The van der Waals surface area contributed by atoms with Crippen LogP contribution in [0.3, 0.4) is 0 Å². The summed E-state index contributed by atoms with van der Waals surface area (Å²) >= 11 is 0. The standard InChI is InChI=1S/C13H22N2O4/c1-12(19)4-3-8-15(9-7-12)11(18)14-13(10(16)17)5-2-6-13/h19H,2-9H2,1H3,(H,14,18)(H,16,17). The van der Waals surface area contributed by atoms with E-state index < -0.39 is 17.1 Å². The molecular weight excluding hydrogens is 248 g/mol. The summed E-state index contributed by atoms with van der Waals surface area (Å²) in [6.45, 7) is 2.81. The summed E-state index contributed by atoms with van der Waals surface area (Å²) in [4.78, 5) is 25.0. The molecule has 1 heterocycles. The van der Waals surface area contributed by atoms with Crippen LogP contribution in [0.15, 0.2) is 0 Å². The van der Waals surface area contributed by atoms with Gasteiger partial charge < -0.3 is 20.4 Å². The molecule has 1 aliphatic heterocycles. The van der Waals surface area contributed by atoms with Gasteiger partial charge >= 0.3 is 12.0 Å². The highest BCUT2D eigenvalue weighted by molar-refractivity contribution is 5.87. The van der Waals surface area contributed by atoms with Gasteiger partial charge in [0.15, 0.2) is 0 Å². The zero-order chi connectivity index (χ0) is 14.1. The van der Waals surface area contributed by atoms with Crippen molar-refractivity contribution in [1.82, 2.24) is 10.2 Å². The summed E-state index contributed by atoms with van der Waals surface area (Å²) < 4.78 is 0. The van der Waals surface area contributed by atoms with Crippen LogP contribution in [0.4, 0.5) is 4.79 Å². The summed E-state index contributed by atoms with van der Waals surface area (Å²) in [6, 6.07) is -0.320. The van der Waals surface area contributed by atoms with Crippen LogP contribution in [0, 0.1) is 0 Å². The molecule has 3 N–H and O–H groups in total. The normalized spacial score (nSPS) is 30.1. The largest absolute Gasteiger partial charge is 0.480 e. The Bertz CT molecular complexity index is 377. The van der Waals surface area contributed by atoms with Crippen LogP contribution >= 0.6 is 0 Å². The number of nitrogens with one attached hydrogen (secondary N) is 1. The number of carboxylic acid groups (broad SMARTS) is 1. The Balaban J connectivity index is 1.95. The Morgan fingerprint density at radius 3 is 2.32 bits per heavy atom. The van der Waals surface area contributed by atoms with Gasteiger partial charge in [-0.15, -0.1) is 0 Å². The second-order valence-corrected chi connectivity index (χ2v) is 6.01. The summed E-state index contributed by atoms with van der Waals surface area (Å²) in [5, 5.41) is 21.8. The van der Waals surface area contributed by atoms with Crippen molar-refractivity contribution in [2.45, 2.75) is 56.6 Å². The summed E-state index contributed by atoms with van der Waals surface area (Å²) in [5.74, 6) is -0.950. The van der Waals surface area contributed by atoms with E-state index in [-0.39, 0.29) is 6.03 Å². The molecule has 2 rings (SSSR count). The number of likely N-dealkylation sites (tertiary alicyclic amines) is 1. The number of amides is 2. The van der Waals surface area contributed by atoms with Gasteiger partial charge in [-0.1, -0.05) is 0 Å². The van der Waals surface area contributed by atoms with E-state index in [0.717, 1.165) is 12.8 Å². The van der Waals surface area contributed by atoms with Crippen LogP contribution in [0.1, 0.15) is 45.4 Å². The third-order valence-electron chi connectivity index (χ3n) is 4.31. The first-order chi connectivity index (χ1) is 8.85. The van der Waals surface area contributed by atoms with Crippen molar-refractivity contribution in [3.05, 3.63) is 0 Å². The average molecular weight is 270 g/mol. The number of rotatable bonds is 2. The highest BCUT2D eigenvalue weighted by atomic mass is 16.4. The van der Waals surface area contributed by atoms with Crippen LogP contribution in [0.2, 0.25) is 0 Å². The van der Waals surface area contributed by atoms with Gasteiger partial charge in [0.05, 0.1) is 5.60 Å². The van der Waals surface area contributed by atoms with Gasteiger partial charge in [-0.2, -0.15) is 0 Å². The fraction of sp³-hybridized carbons (Fsp3) is 0.846. The van der Waals surface area contributed by atoms with E-state index in [0.29, 0.717) is 38.8 Å². The first-order valence-electron chi connectivity index (χ1n) is 6.88. The van der Waals surface area contributed by atoms with E-state index in [4.69, 9.17) is 0 Å². The number of hydrogen-bond acceptors (Lipinski definition) is 3. The molecule has 19 heavy (non-hydrogen) atoms. The van der Waals surface area contributed by atoms with E-state index in [1.807, 2.05) is 0 Å². The van der Waals surface area contributed by atoms with Crippen LogP contribution in [0.25, 0.3) is 0 Å².